The van der Waals surface area contributed by atoms with Gasteiger partial charge in [-0.2, -0.15) is 0 Å². The maximum Gasteiger partial charge on any atom is 0.509 e. The van der Waals surface area contributed by atoms with Crippen molar-refractivity contribution in [3.05, 3.63) is 0 Å². The topological polar surface area (TPSA) is 61.8 Å². The Hall–Kier alpha value is -1.26. The summed E-state index contributed by atoms with van der Waals surface area (Å²) in [6, 6.07) is 0. The van der Waals surface area contributed by atoms with Gasteiger partial charge in [0.15, 0.2) is 6.10 Å². The fraction of sp³-hybridized carbons (Fsp3) is 0.714. The molecule has 1 aliphatic rings. The predicted molar refractivity (Wildman–Crippen MR) is 37.4 cm³/mol. The molecule has 0 aromatic carbocycles. The Morgan fingerprint density at radius 3 is 2.75 bits per heavy atom. The molecule has 1 saturated heterocycles. The molecule has 0 aromatic rings. The van der Waals surface area contributed by atoms with Gasteiger partial charge < -0.3 is 14.2 Å². The summed E-state index contributed by atoms with van der Waals surface area (Å²) in [5.41, 5.74) is 0. The summed E-state index contributed by atoms with van der Waals surface area (Å²) in [6.45, 7) is 1.79. The van der Waals surface area contributed by atoms with Crippen LogP contribution in [0, 0.1) is 0 Å². The van der Waals surface area contributed by atoms with E-state index in [0.717, 1.165) is 0 Å². The van der Waals surface area contributed by atoms with Gasteiger partial charge in [0.2, 0.25) is 6.10 Å². The Morgan fingerprint density at radius 1 is 1.58 bits per heavy atom. The highest BCUT2D eigenvalue weighted by molar-refractivity contribution is 5.80. The first-order chi connectivity index (χ1) is 5.69. The van der Waals surface area contributed by atoms with E-state index < -0.39 is 24.3 Å². The van der Waals surface area contributed by atoms with Crippen molar-refractivity contribution in [2.24, 2.45) is 0 Å². The Labute approximate surface area is 69.6 Å². The van der Waals surface area contributed by atoms with Gasteiger partial charge in [0.05, 0.1) is 7.11 Å². The molecule has 1 heterocycles. The summed E-state index contributed by atoms with van der Waals surface area (Å²) in [4.78, 5) is 21.5. The summed E-state index contributed by atoms with van der Waals surface area (Å²) in [5.74, 6) is -0.576. The number of cyclic esters (lactones) is 2. The highest BCUT2D eigenvalue weighted by Gasteiger charge is 2.41. The van der Waals surface area contributed by atoms with Gasteiger partial charge in [-0.15, -0.1) is 0 Å². The highest BCUT2D eigenvalue weighted by Crippen LogP contribution is 2.18. The van der Waals surface area contributed by atoms with Crippen LogP contribution in [0.2, 0.25) is 0 Å². The SMILES string of the molecule is CCC1OC(=O)OC1C(=O)OC. The number of carbonyl (C=O) groups is 2. The van der Waals surface area contributed by atoms with E-state index in [9.17, 15) is 9.59 Å². The van der Waals surface area contributed by atoms with Gasteiger partial charge in [-0.1, -0.05) is 6.92 Å². The number of esters is 1. The number of carbonyl (C=O) groups excluding carboxylic acids is 2. The quantitative estimate of drug-likeness (QED) is 0.569. The third-order valence-electron chi connectivity index (χ3n) is 1.64. The second-order valence-electron chi connectivity index (χ2n) is 2.38. The molecule has 2 unspecified atom stereocenters. The van der Waals surface area contributed by atoms with Crippen molar-refractivity contribution in [2.75, 3.05) is 7.11 Å². The van der Waals surface area contributed by atoms with Crippen molar-refractivity contribution in [3.63, 3.8) is 0 Å². The van der Waals surface area contributed by atoms with Crippen LogP contribution in [0.15, 0.2) is 0 Å². The van der Waals surface area contributed by atoms with Crippen molar-refractivity contribution in [1.82, 2.24) is 0 Å². The third-order valence-corrected chi connectivity index (χ3v) is 1.64. The van der Waals surface area contributed by atoms with Crippen molar-refractivity contribution in [3.8, 4) is 0 Å². The molecule has 0 amide bonds. The average molecular weight is 174 g/mol. The van der Waals surface area contributed by atoms with Gasteiger partial charge in [-0.3, -0.25) is 0 Å². The third kappa shape index (κ3) is 1.49. The monoisotopic (exact) mass is 174 g/mol. The maximum atomic E-state index is 10.9. The number of hydrogen-bond acceptors (Lipinski definition) is 5. The van der Waals surface area contributed by atoms with E-state index in [1.54, 1.807) is 6.92 Å². The lowest BCUT2D eigenvalue weighted by Gasteiger charge is -2.09. The first-order valence-corrected chi connectivity index (χ1v) is 3.64. The minimum Gasteiger partial charge on any atom is -0.466 e. The molecule has 0 bridgehead atoms. The van der Waals surface area contributed by atoms with Gasteiger partial charge in [-0.05, 0) is 6.42 Å². The number of hydrogen-bond donors (Lipinski definition) is 0. The van der Waals surface area contributed by atoms with Crippen LogP contribution in [0.3, 0.4) is 0 Å². The fourth-order valence-electron chi connectivity index (χ4n) is 1.01. The lowest BCUT2D eigenvalue weighted by Crippen LogP contribution is -2.31. The summed E-state index contributed by atoms with van der Waals surface area (Å²) in [7, 11) is 1.24. The Bertz CT molecular complexity index is 200. The summed E-state index contributed by atoms with van der Waals surface area (Å²) in [6.07, 6.45) is -1.68. The Kier molecular flexibility index (Phi) is 2.52. The van der Waals surface area contributed by atoms with Gasteiger partial charge in [0.25, 0.3) is 0 Å². The van der Waals surface area contributed by atoms with E-state index in [4.69, 9.17) is 0 Å². The molecular weight excluding hydrogens is 164 g/mol. The van der Waals surface area contributed by atoms with Crippen molar-refractivity contribution < 1.29 is 23.8 Å². The van der Waals surface area contributed by atoms with Crippen LogP contribution in [0.1, 0.15) is 13.3 Å². The van der Waals surface area contributed by atoms with E-state index in [0.29, 0.717) is 6.42 Å². The van der Waals surface area contributed by atoms with Crippen LogP contribution in [-0.4, -0.2) is 31.4 Å². The molecule has 5 nitrogen and oxygen atoms in total. The number of ether oxygens (including phenoxy) is 3. The molecule has 5 heteroatoms. The zero-order valence-corrected chi connectivity index (χ0v) is 6.90. The largest absolute Gasteiger partial charge is 0.509 e. The van der Waals surface area contributed by atoms with E-state index in [-0.39, 0.29) is 0 Å². The molecule has 68 valence electrons. The minimum atomic E-state index is -0.896. The normalized spacial score (nSPS) is 27.7. The maximum absolute atomic E-state index is 10.9. The van der Waals surface area contributed by atoms with Gasteiger partial charge in [-0.25, -0.2) is 9.59 Å². The summed E-state index contributed by atoms with van der Waals surface area (Å²) >= 11 is 0. The van der Waals surface area contributed by atoms with Crippen molar-refractivity contribution in [2.45, 2.75) is 25.6 Å². The van der Waals surface area contributed by atoms with Crippen LogP contribution in [-0.2, 0) is 19.0 Å². The molecule has 2 atom stereocenters. The zero-order chi connectivity index (χ0) is 9.14. The van der Waals surface area contributed by atoms with Crippen molar-refractivity contribution >= 4 is 12.1 Å². The van der Waals surface area contributed by atoms with E-state index in [1.807, 2.05) is 0 Å². The van der Waals surface area contributed by atoms with Crippen LogP contribution >= 0.6 is 0 Å². The molecular formula is C7H10O5. The Morgan fingerprint density at radius 2 is 2.25 bits per heavy atom. The smallest absolute Gasteiger partial charge is 0.466 e. The number of methoxy groups -OCH3 is 1. The summed E-state index contributed by atoms with van der Waals surface area (Å²) < 4.78 is 13.7. The van der Waals surface area contributed by atoms with Gasteiger partial charge in [0, 0.05) is 0 Å². The van der Waals surface area contributed by atoms with Crippen LogP contribution in [0.25, 0.3) is 0 Å². The first kappa shape index (κ1) is 8.83. The number of rotatable bonds is 2. The molecule has 0 N–H and O–H groups in total. The molecule has 1 aliphatic heterocycles. The van der Waals surface area contributed by atoms with Crippen molar-refractivity contribution in [1.29, 1.82) is 0 Å². The lowest BCUT2D eigenvalue weighted by molar-refractivity contribution is -0.150. The molecule has 0 radical (unpaired) electrons. The van der Waals surface area contributed by atoms with E-state index in [2.05, 4.69) is 14.2 Å². The molecule has 1 rings (SSSR count). The fourth-order valence-corrected chi connectivity index (χ4v) is 1.01. The molecule has 12 heavy (non-hydrogen) atoms. The highest BCUT2D eigenvalue weighted by atomic mass is 16.8. The molecule has 0 spiro atoms. The lowest BCUT2D eigenvalue weighted by atomic mass is 10.1. The second kappa shape index (κ2) is 3.42. The first-order valence-electron chi connectivity index (χ1n) is 3.64. The zero-order valence-electron chi connectivity index (χ0n) is 6.90. The van der Waals surface area contributed by atoms with Crippen LogP contribution < -0.4 is 0 Å². The standard InChI is InChI=1S/C7H10O5/c1-3-4-5(6(8)10-2)12-7(9)11-4/h4-5H,3H2,1-2H3. The molecule has 0 aromatic heterocycles. The second-order valence-corrected chi connectivity index (χ2v) is 2.38. The van der Waals surface area contributed by atoms with Crippen LogP contribution in [0.4, 0.5) is 4.79 Å². The Balaban J connectivity index is 2.63. The predicted octanol–water partition coefficient (Wildman–Crippen LogP) is 0.473. The molecule has 0 aliphatic carbocycles. The van der Waals surface area contributed by atoms with E-state index in [1.165, 1.54) is 7.11 Å². The molecule has 1 fully saturated rings. The summed E-state index contributed by atoms with van der Waals surface area (Å²) in [5, 5.41) is 0. The van der Waals surface area contributed by atoms with E-state index >= 15 is 0 Å². The molecule has 0 saturated carbocycles. The minimum absolute atomic E-state index is 0.509. The van der Waals surface area contributed by atoms with Crippen LogP contribution in [0.5, 0.6) is 0 Å². The average Bonchev–Trinajstić information content (AvgIpc) is 2.45. The van der Waals surface area contributed by atoms with Gasteiger partial charge >= 0.3 is 12.1 Å². The van der Waals surface area contributed by atoms with Gasteiger partial charge in [0.1, 0.15) is 0 Å².